The van der Waals surface area contributed by atoms with Crippen LogP contribution in [0.4, 0.5) is 11.4 Å². The number of nitrogens with two attached hydrogens (primary N) is 1. The number of aliphatic carboxylic acids is 1. The first-order chi connectivity index (χ1) is 10.4. The Morgan fingerprint density at radius 2 is 1.95 bits per heavy atom. The molecule has 0 saturated carbocycles. The van der Waals surface area contributed by atoms with E-state index < -0.39 is 29.9 Å². The second kappa shape index (κ2) is 7.44. The molecule has 0 aromatic heterocycles. The maximum atomic E-state index is 12.3. The molecule has 0 unspecified atom stereocenters. The van der Waals surface area contributed by atoms with Gasteiger partial charge in [-0.1, -0.05) is 0 Å². The van der Waals surface area contributed by atoms with Crippen LogP contribution in [-0.4, -0.2) is 29.4 Å². The molecular formula is C14H14N4O4. The Balaban J connectivity index is 3.07. The van der Waals surface area contributed by atoms with E-state index in [1.807, 2.05) is 0 Å². The number of nitriles is 1. The van der Waals surface area contributed by atoms with Crippen LogP contribution >= 0.6 is 0 Å². The van der Waals surface area contributed by atoms with Gasteiger partial charge < -0.3 is 16.2 Å². The standard InChI is InChI=1S/C14H14N4O4/c1-9(19)18(12-4-2-11(16)3-5-12)14(22)10(6-15)7-17-8-13(20)21/h2-5,7,17H,8,16H2,1H3,(H,20,21)/b10-7-. The SMILES string of the molecule is CC(=O)N(C(=O)/C(C#N)=C\NCC(=O)O)c1ccc(N)cc1. The van der Waals surface area contributed by atoms with E-state index in [4.69, 9.17) is 16.1 Å². The van der Waals surface area contributed by atoms with Gasteiger partial charge in [0.2, 0.25) is 5.91 Å². The molecule has 0 aliphatic carbocycles. The van der Waals surface area contributed by atoms with Gasteiger partial charge in [-0.15, -0.1) is 0 Å². The maximum Gasteiger partial charge on any atom is 0.322 e. The summed E-state index contributed by atoms with van der Waals surface area (Å²) in [6.07, 6.45) is 0.962. The number of carboxylic acid groups (broad SMARTS) is 1. The fourth-order valence-corrected chi connectivity index (χ4v) is 1.57. The van der Waals surface area contributed by atoms with Gasteiger partial charge in [0, 0.05) is 18.8 Å². The number of rotatable bonds is 5. The Labute approximate surface area is 126 Å². The number of hydrogen-bond donors (Lipinski definition) is 3. The van der Waals surface area contributed by atoms with Crippen molar-refractivity contribution in [2.75, 3.05) is 17.2 Å². The van der Waals surface area contributed by atoms with Crippen LogP contribution < -0.4 is 16.0 Å². The second-order valence-corrected chi connectivity index (χ2v) is 4.20. The van der Waals surface area contributed by atoms with E-state index in [2.05, 4.69) is 5.32 Å². The molecule has 2 amide bonds. The number of hydrogen-bond acceptors (Lipinski definition) is 6. The number of carboxylic acids is 1. The molecule has 0 aliphatic rings. The summed E-state index contributed by atoms with van der Waals surface area (Å²) in [4.78, 5) is 35.2. The Hall–Kier alpha value is -3.34. The van der Waals surface area contributed by atoms with Crippen molar-refractivity contribution >= 4 is 29.2 Å². The van der Waals surface area contributed by atoms with Gasteiger partial charge in [-0.25, -0.2) is 4.90 Å². The summed E-state index contributed by atoms with van der Waals surface area (Å²) >= 11 is 0. The molecule has 0 atom stereocenters. The monoisotopic (exact) mass is 302 g/mol. The molecule has 0 spiro atoms. The van der Waals surface area contributed by atoms with Crippen molar-refractivity contribution in [1.82, 2.24) is 5.32 Å². The first-order valence-electron chi connectivity index (χ1n) is 6.12. The van der Waals surface area contributed by atoms with Crippen LogP contribution in [0.2, 0.25) is 0 Å². The molecule has 0 radical (unpaired) electrons. The van der Waals surface area contributed by atoms with Crippen molar-refractivity contribution in [2.24, 2.45) is 0 Å². The minimum atomic E-state index is -1.15. The number of nitrogens with one attached hydrogen (secondary N) is 1. The normalized spacial score (nSPS) is 10.5. The molecule has 8 heteroatoms. The third-order valence-electron chi connectivity index (χ3n) is 2.52. The van der Waals surface area contributed by atoms with Gasteiger partial charge >= 0.3 is 5.97 Å². The summed E-state index contributed by atoms with van der Waals surface area (Å²) in [6, 6.07) is 7.58. The van der Waals surface area contributed by atoms with Gasteiger partial charge in [0.1, 0.15) is 18.2 Å². The summed E-state index contributed by atoms with van der Waals surface area (Å²) in [7, 11) is 0. The van der Waals surface area contributed by atoms with E-state index in [-0.39, 0.29) is 5.69 Å². The van der Waals surface area contributed by atoms with Crippen molar-refractivity contribution in [3.8, 4) is 6.07 Å². The van der Waals surface area contributed by atoms with Gasteiger partial charge in [-0.2, -0.15) is 5.26 Å². The van der Waals surface area contributed by atoms with Gasteiger partial charge in [-0.05, 0) is 24.3 Å². The van der Waals surface area contributed by atoms with Gasteiger partial charge in [0.25, 0.3) is 5.91 Å². The highest BCUT2D eigenvalue weighted by Gasteiger charge is 2.23. The Morgan fingerprint density at radius 1 is 1.36 bits per heavy atom. The summed E-state index contributed by atoms with van der Waals surface area (Å²) in [6.45, 7) is 0.717. The molecule has 1 aromatic rings. The number of carbonyl (C=O) groups is 3. The zero-order valence-corrected chi connectivity index (χ0v) is 11.7. The molecule has 0 fully saturated rings. The summed E-state index contributed by atoms with van der Waals surface area (Å²) in [5, 5.41) is 19.8. The first kappa shape index (κ1) is 16.7. The van der Waals surface area contributed by atoms with Gasteiger partial charge in [-0.3, -0.25) is 14.4 Å². The number of nitrogen functional groups attached to an aromatic ring is 1. The fourth-order valence-electron chi connectivity index (χ4n) is 1.57. The van der Waals surface area contributed by atoms with Crippen LogP contribution in [0, 0.1) is 11.3 Å². The molecule has 4 N–H and O–H groups in total. The minimum absolute atomic E-state index is 0.256. The van der Waals surface area contributed by atoms with Crippen molar-refractivity contribution in [2.45, 2.75) is 6.92 Å². The quantitative estimate of drug-likeness (QED) is 0.402. The smallest absolute Gasteiger partial charge is 0.322 e. The predicted molar refractivity (Wildman–Crippen MR) is 78.4 cm³/mol. The van der Waals surface area contributed by atoms with E-state index in [1.165, 1.54) is 31.2 Å². The number of carbonyl (C=O) groups excluding carboxylic acids is 2. The molecule has 114 valence electrons. The highest BCUT2D eigenvalue weighted by Crippen LogP contribution is 2.18. The van der Waals surface area contributed by atoms with Crippen LogP contribution in [0.5, 0.6) is 0 Å². The van der Waals surface area contributed by atoms with Gasteiger partial charge in [0.05, 0.1) is 5.69 Å². The second-order valence-electron chi connectivity index (χ2n) is 4.20. The number of benzene rings is 1. The van der Waals surface area contributed by atoms with E-state index in [9.17, 15) is 14.4 Å². The molecule has 22 heavy (non-hydrogen) atoms. The van der Waals surface area contributed by atoms with Crippen molar-refractivity contribution in [1.29, 1.82) is 5.26 Å². The summed E-state index contributed by atoms with van der Waals surface area (Å²) in [5.41, 5.74) is 5.86. The summed E-state index contributed by atoms with van der Waals surface area (Å²) < 4.78 is 0. The molecule has 0 saturated heterocycles. The lowest BCUT2D eigenvalue weighted by molar-refractivity contribution is -0.135. The lowest BCUT2D eigenvalue weighted by Crippen LogP contribution is -2.36. The molecule has 1 aromatic carbocycles. The molecule has 1 rings (SSSR count). The topological polar surface area (TPSA) is 137 Å². The number of anilines is 2. The van der Waals surface area contributed by atoms with E-state index >= 15 is 0 Å². The van der Waals surface area contributed by atoms with Crippen molar-refractivity contribution in [3.05, 3.63) is 36.0 Å². The van der Waals surface area contributed by atoms with Crippen LogP contribution in [0.25, 0.3) is 0 Å². The van der Waals surface area contributed by atoms with Crippen LogP contribution in [0.3, 0.4) is 0 Å². The lowest BCUT2D eigenvalue weighted by Gasteiger charge is -2.18. The Morgan fingerprint density at radius 3 is 2.41 bits per heavy atom. The van der Waals surface area contributed by atoms with Crippen molar-refractivity contribution < 1.29 is 19.5 Å². The minimum Gasteiger partial charge on any atom is -0.480 e. The molecule has 0 heterocycles. The van der Waals surface area contributed by atoms with E-state index in [0.717, 1.165) is 11.1 Å². The highest BCUT2D eigenvalue weighted by atomic mass is 16.4. The number of nitrogens with zero attached hydrogens (tertiary/aromatic N) is 2. The van der Waals surface area contributed by atoms with Gasteiger partial charge in [0.15, 0.2) is 0 Å². The number of imide groups is 1. The third-order valence-corrected chi connectivity index (χ3v) is 2.52. The summed E-state index contributed by atoms with van der Waals surface area (Å²) in [5.74, 6) is -2.60. The fraction of sp³-hybridized carbons (Fsp3) is 0.143. The van der Waals surface area contributed by atoms with Crippen molar-refractivity contribution in [3.63, 3.8) is 0 Å². The van der Waals surface area contributed by atoms with Crippen LogP contribution in [0.1, 0.15) is 6.92 Å². The molecular weight excluding hydrogens is 288 g/mol. The third kappa shape index (κ3) is 4.35. The van der Waals surface area contributed by atoms with Crippen LogP contribution in [0.15, 0.2) is 36.0 Å². The molecule has 8 nitrogen and oxygen atoms in total. The zero-order valence-electron chi connectivity index (χ0n) is 11.7. The predicted octanol–water partition coefficient (Wildman–Crippen LogP) is 0.230. The van der Waals surface area contributed by atoms with E-state index in [0.29, 0.717) is 5.69 Å². The lowest BCUT2D eigenvalue weighted by atomic mass is 10.2. The average Bonchev–Trinajstić information content (AvgIpc) is 2.45. The highest BCUT2D eigenvalue weighted by molar-refractivity contribution is 6.21. The molecule has 0 aliphatic heterocycles. The zero-order chi connectivity index (χ0) is 16.7. The maximum absolute atomic E-state index is 12.3. The Bertz CT molecular complexity index is 658. The Kier molecular flexibility index (Phi) is 5.66. The molecule has 0 bridgehead atoms. The first-order valence-corrected chi connectivity index (χ1v) is 6.12. The van der Waals surface area contributed by atoms with E-state index in [1.54, 1.807) is 6.07 Å². The largest absolute Gasteiger partial charge is 0.480 e. The average molecular weight is 302 g/mol. The number of amides is 2. The van der Waals surface area contributed by atoms with Crippen LogP contribution in [-0.2, 0) is 14.4 Å².